The maximum atomic E-state index is 11.9. The van der Waals surface area contributed by atoms with Crippen LogP contribution in [-0.2, 0) is 9.47 Å². The van der Waals surface area contributed by atoms with Gasteiger partial charge in [0.05, 0.1) is 24.3 Å². The number of carbonyl (C=O) groups excluding carboxylic acids is 2. The molecule has 0 unspecified atom stereocenters. The van der Waals surface area contributed by atoms with E-state index in [9.17, 15) is 9.59 Å². The molecule has 0 aliphatic heterocycles. The molecule has 0 spiro atoms. The molecule has 5 nitrogen and oxygen atoms in total. The lowest BCUT2D eigenvalue weighted by atomic mass is 10.1. The van der Waals surface area contributed by atoms with Gasteiger partial charge in [-0.05, 0) is 43.5 Å². The number of carbonyl (C=O) groups is 2. The first kappa shape index (κ1) is 23.2. The molecule has 0 aliphatic carbocycles. The van der Waals surface area contributed by atoms with Crippen LogP contribution in [0.2, 0.25) is 0 Å². The second kappa shape index (κ2) is 13.4. The molecule has 0 radical (unpaired) electrons. The van der Waals surface area contributed by atoms with Gasteiger partial charge < -0.3 is 14.6 Å². The van der Waals surface area contributed by atoms with Crippen molar-refractivity contribution in [1.82, 2.24) is 0 Å². The molecule has 0 fully saturated rings. The zero-order chi connectivity index (χ0) is 20.8. The molecule has 0 atom stereocenters. The zero-order valence-corrected chi connectivity index (χ0v) is 16.9. The molecule has 0 heterocycles. The molecule has 0 aliphatic rings. The fourth-order valence-corrected chi connectivity index (χ4v) is 2.18. The number of para-hydroxylation sites is 1. The van der Waals surface area contributed by atoms with E-state index < -0.39 is 11.9 Å². The Balaban J connectivity index is 0.000000406. The minimum atomic E-state index is -0.471. The van der Waals surface area contributed by atoms with E-state index in [1.165, 1.54) is 0 Å². The monoisotopic (exact) mass is 386 g/mol. The Morgan fingerprint density at radius 2 is 1.21 bits per heavy atom. The fraction of sp³-hybridized carbons (Fsp3) is 0.391. The number of ether oxygens (including phenoxy) is 2. The maximum Gasteiger partial charge on any atom is 0.339 e. The number of hydrogen-bond donors (Lipinski definition) is 1. The molecule has 0 bridgehead atoms. The number of benzene rings is 2. The van der Waals surface area contributed by atoms with Crippen LogP contribution in [0, 0.1) is 6.92 Å². The van der Waals surface area contributed by atoms with Crippen molar-refractivity contribution in [3.05, 3.63) is 65.2 Å². The highest BCUT2D eigenvalue weighted by atomic mass is 16.5. The van der Waals surface area contributed by atoms with Gasteiger partial charge in [-0.25, -0.2) is 9.59 Å². The molecule has 0 saturated heterocycles. The Kier molecular flexibility index (Phi) is 11.1. The summed E-state index contributed by atoms with van der Waals surface area (Å²) in [5.41, 5.74) is 1.46. The van der Waals surface area contributed by atoms with Crippen molar-refractivity contribution in [2.24, 2.45) is 0 Å². The smallest absolute Gasteiger partial charge is 0.339 e. The van der Waals surface area contributed by atoms with E-state index in [4.69, 9.17) is 14.6 Å². The van der Waals surface area contributed by atoms with E-state index in [1.807, 2.05) is 39.0 Å². The van der Waals surface area contributed by atoms with Crippen LogP contribution in [0.25, 0.3) is 0 Å². The molecular weight excluding hydrogens is 356 g/mol. The van der Waals surface area contributed by atoms with Gasteiger partial charge in [0, 0.05) is 0 Å². The highest BCUT2D eigenvalue weighted by Gasteiger charge is 2.18. The van der Waals surface area contributed by atoms with E-state index in [2.05, 4.69) is 0 Å². The van der Waals surface area contributed by atoms with Gasteiger partial charge in [-0.1, -0.05) is 57.0 Å². The predicted molar refractivity (Wildman–Crippen MR) is 110 cm³/mol. The average molecular weight is 386 g/mol. The van der Waals surface area contributed by atoms with Gasteiger partial charge in [0.2, 0.25) is 0 Å². The maximum absolute atomic E-state index is 11.9. The summed E-state index contributed by atoms with van der Waals surface area (Å²) in [6, 6.07) is 13.8. The SMILES string of the molecule is CCCCOC(=O)c1ccccc1C(=O)OCCCC.Cc1ccccc1O. The Labute approximate surface area is 167 Å². The summed E-state index contributed by atoms with van der Waals surface area (Å²) >= 11 is 0. The van der Waals surface area contributed by atoms with E-state index in [-0.39, 0.29) is 11.1 Å². The topological polar surface area (TPSA) is 72.8 Å². The Hall–Kier alpha value is -2.82. The zero-order valence-electron chi connectivity index (χ0n) is 16.9. The molecule has 2 rings (SSSR count). The molecule has 0 saturated carbocycles. The normalized spacial score (nSPS) is 9.82. The highest BCUT2D eigenvalue weighted by Crippen LogP contribution is 2.13. The lowest BCUT2D eigenvalue weighted by molar-refractivity contribution is 0.0452. The lowest BCUT2D eigenvalue weighted by Gasteiger charge is -2.09. The molecule has 1 N–H and O–H groups in total. The third kappa shape index (κ3) is 8.25. The third-order valence-corrected chi connectivity index (χ3v) is 3.94. The number of rotatable bonds is 8. The van der Waals surface area contributed by atoms with E-state index in [0.717, 1.165) is 31.2 Å². The minimum Gasteiger partial charge on any atom is -0.508 e. The van der Waals surface area contributed by atoms with Gasteiger partial charge in [0.1, 0.15) is 5.75 Å². The predicted octanol–water partition coefficient (Wildman–Crippen LogP) is 5.30. The molecule has 2 aromatic carbocycles. The summed E-state index contributed by atoms with van der Waals surface area (Å²) < 4.78 is 10.3. The van der Waals surface area contributed by atoms with Gasteiger partial charge in [-0.2, -0.15) is 0 Å². The first-order chi connectivity index (χ1) is 13.5. The van der Waals surface area contributed by atoms with E-state index in [1.54, 1.807) is 30.3 Å². The van der Waals surface area contributed by atoms with Crippen molar-refractivity contribution >= 4 is 11.9 Å². The average Bonchev–Trinajstić information content (AvgIpc) is 2.71. The number of esters is 2. The van der Waals surface area contributed by atoms with Crippen molar-refractivity contribution < 1.29 is 24.2 Å². The Bertz CT molecular complexity index is 677. The standard InChI is InChI=1S/C16H22O4.C7H8O/c1-3-5-11-19-15(17)13-9-7-8-10-14(13)16(18)20-12-6-4-2;1-6-4-2-3-5-7(6)8/h7-10H,3-6,11-12H2,1-2H3;2-5,8H,1H3. The van der Waals surface area contributed by atoms with Crippen molar-refractivity contribution in [3.8, 4) is 5.75 Å². The van der Waals surface area contributed by atoms with Crippen molar-refractivity contribution in [3.63, 3.8) is 0 Å². The van der Waals surface area contributed by atoms with Crippen LogP contribution in [0.1, 0.15) is 65.8 Å². The van der Waals surface area contributed by atoms with Gasteiger partial charge >= 0.3 is 11.9 Å². The largest absolute Gasteiger partial charge is 0.508 e. The lowest BCUT2D eigenvalue weighted by Crippen LogP contribution is -2.14. The van der Waals surface area contributed by atoms with E-state index >= 15 is 0 Å². The summed E-state index contributed by atoms with van der Waals surface area (Å²) in [7, 11) is 0. The van der Waals surface area contributed by atoms with Crippen LogP contribution in [0.3, 0.4) is 0 Å². The van der Waals surface area contributed by atoms with Gasteiger partial charge in [-0.15, -0.1) is 0 Å². The number of aryl methyl sites for hydroxylation is 1. The summed E-state index contributed by atoms with van der Waals surface area (Å²) in [6.07, 6.45) is 3.53. The van der Waals surface area contributed by atoms with E-state index in [0.29, 0.717) is 19.0 Å². The quantitative estimate of drug-likeness (QED) is 0.492. The summed E-state index contributed by atoms with van der Waals surface area (Å²) in [5.74, 6) is -0.574. The number of hydrogen-bond acceptors (Lipinski definition) is 5. The van der Waals surface area contributed by atoms with Gasteiger partial charge in [0.25, 0.3) is 0 Å². The molecule has 2 aromatic rings. The molecule has 0 amide bonds. The second-order valence-corrected chi connectivity index (χ2v) is 6.31. The summed E-state index contributed by atoms with van der Waals surface area (Å²) in [6.45, 7) is 6.65. The van der Waals surface area contributed by atoms with Gasteiger partial charge in [0.15, 0.2) is 0 Å². The number of unbranched alkanes of at least 4 members (excludes halogenated alkanes) is 2. The molecule has 0 aromatic heterocycles. The van der Waals surface area contributed by atoms with Crippen LogP contribution in [0.4, 0.5) is 0 Å². The highest BCUT2D eigenvalue weighted by molar-refractivity contribution is 6.03. The van der Waals surface area contributed by atoms with Crippen LogP contribution in [0.5, 0.6) is 5.75 Å². The minimum absolute atomic E-state index is 0.269. The second-order valence-electron chi connectivity index (χ2n) is 6.31. The molecule has 152 valence electrons. The van der Waals surface area contributed by atoms with Crippen LogP contribution in [0.15, 0.2) is 48.5 Å². The summed E-state index contributed by atoms with van der Waals surface area (Å²) in [5, 5.41) is 8.92. The fourth-order valence-electron chi connectivity index (χ4n) is 2.18. The number of phenols is 1. The first-order valence-electron chi connectivity index (χ1n) is 9.69. The summed E-state index contributed by atoms with van der Waals surface area (Å²) in [4.78, 5) is 23.9. The molecule has 5 heteroatoms. The molecular formula is C23H30O5. The number of phenolic OH excluding ortho intramolecular Hbond substituents is 1. The van der Waals surface area contributed by atoms with Crippen molar-refractivity contribution in [2.75, 3.05) is 13.2 Å². The molecule has 28 heavy (non-hydrogen) atoms. The Morgan fingerprint density at radius 1 is 0.786 bits per heavy atom. The van der Waals surface area contributed by atoms with Crippen molar-refractivity contribution in [2.45, 2.75) is 46.5 Å². The number of aromatic hydroxyl groups is 1. The van der Waals surface area contributed by atoms with Crippen molar-refractivity contribution in [1.29, 1.82) is 0 Å². The third-order valence-electron chi connectivity index (χ3n) is 3.94. The first-order valence-corrected chi connectivity index (χ1v) is 9.69. The van der Waals surface area contributed by atoms with Crippen LogP contribution in [-0.4, -0.2) is 30.3 Å². The van der Waals surface area contributed by atoms with Crippen LogP contribution >= 0.6 is 0 Å². The van der Waals surface area contributed by atoms with Crippen LogP contribution < -0.4 is 0 Å². The Morgan fingerprint density at radius 3 is 1.57 bits per heavy atom. The van der Waals surface area contributed by atoms with Gasteiger partial charge in [-0.3, -0.25) is 0 Å².